The highest BCUT2D eigenvalue weighted by atomic mass is 79.9. The third-order valence-corrected chi connectivity index (χ3v) is 4.93. The third kappa shape index (κ3) is 2.98. The van der Waals surface area contributed by atoms with Crippen molar-refractivity contribution >= 4 is 27.7 Å². The van der Waals surface area contributed by atoms with E-state index in [9.17, 15) is 0 Å². The van der Waals surface area contributed by atoms with Gasteiger partial charge in [-0.2, -0.15) is 0 Å². The van der Waals surface area contributed by atoms with Gasteiger partial charge in [0.1, 0.15) is 0 Å². The Kier molecular flexibility index (Phi) is 3.86. The molecule has 1 aromatic carbocycles. The van der Waals surface area contributed by atoms with E-state index in [1.807, 2.05) is 4.68 Å². The molecule has 0 spiro atoms. The average Bonchev–Trinajstić information content (AvgIpc) is 3.14. The summed E-state index contributed by atoms with van der Waals surface area (Å²) in [6.45, 7) is 0.666. The van der Waals surface area contributed by atoms with E-state index in [0.29, 0.717) is 12.6 Å². The molecule has 1 aliphatic rings. The van der Waals surface area contributed by atoms with Gasteiger partial charge in [0.05, 0.1) is 6.04 Å². The lowest BCUT2D eigenvalue weighted by atomic mass is 10.2. The molecule has 1 aromatic heterocycles. The minimum Gasteiger partial charge on any atom is -0.330 e. The molecule has 0 amide bonds. The van der Waals surface area contributed by atoms with E-state index in [1.165, 1.54) is 18.4 Å². The van der Waals surface area contributed by atoms with Crippen LogP contribution in [0.25, 0.3) is 0 Å². The first kappa shape index (κ1) is 13.1. The summed E-state index contributed by atoms with van der Waals surface area (Å²) in [5.74, 6) is 0. The van der Waals surface area contributed by atoms with Crippen molar-refractivity contribution in [3.63, 3.8) is 0 Å². The van der Waals surface area contributed by atoms with Crippen LogP contribution in [-0.4, -0.2) is 26.8 Å². The molecule has 1 saturated carbocycles. The topological polar surface area (TPSA) is 69.6 Å². The summed E-state index contributed by atoms with van der Waals surface area (Å²) < 4.78 is 2.99. The second-order valence-electron chi connectivity index (χ2n) is 4.54. The Morgan fingerprint density at radius 1 is 1.42 bits per heavy atom. The van der Waals surface area contributed by atoms with Gasteiger partial charge in [-0.3, -0.25) is 0 Å². The molecule has 1 aliphatic carbocycles. The monoisotopic (exact) mass is 339 g/mol. The number of hydrogen-bond acceptors (Lipinski definition) is 5. The van der Waals surface area contributed by atoms with Crippen LogP contribution in [0.3, 0.4) is 0 Å². The van der Waals surface area contributed by atoms with Crippen molar-refractivity contribution in [1.82, 2.24) is 20.2 Å². The van der Waals surface area contributed by atoms with E-state index in [2.05, 4.69) is 49.7 Å². The van der Waals surface area contributed by atoms with Crippen LogP contribution in [0, 0.1) is 0 Å². The summed E-state index contributed by atoms with van der Waals surface area (Å²) in [6, 6.07) is 6.80. The van der Waals surface area contributed by atoms with E-state index < -0.39 is 0 Å². The van der Waals surface area contributed by atoms with Crippen molar-refractivity contribution < 1.29 is 0 Å². The maximum Gasteiger partial charge on any atom is 0.214 e. The molecule has 0 bridgehead atoms. The maximum atomic E-state index is 5.57. The minimum atomic E-state index is 0.493. The number of halogens is 1. The molecule has 19 heavy (non-hydrogen) atoms. The first-order valence-electron chi connectivity index (χ1n) is 6.22. The molecule has 0 saturated heterocycles. The highest BCUT2D eigenvalue weighted by molar-refractivity contribution is 9.10. The lowest BCUT2D eigenvalue weighted by molar-refractivity contribution is 0.565. The summed E-state index contributed by atoms with van der Waals surface area (Å²) >= 11 is 5.19. The van der Waals surface area contributed by atoms with Gasteiger partial charge in [0.2, 0.25) is 5.16 Å². The zero-order valence-electron chi connectivity index (χ0n) is 10.3. The molecule has 1 fully saturated rings. The Labute approximate surface area is 124 Å². The molecule has 7 heteroatoms. The van der Waals surface area contributed by atoms with Gasteiger partial charge in [0, 0.05) is 9.37 Å². The highest BCUT2D eigenvalue weighted by Crippen LogP contribution is 2.39. The van der Waals surface area contributed by atoms with Crippen LogP contribution in [0.2, 0.25) is 0 Å². The summed E-state index contributed by atoms with van der Waals surface area (Å²) in [4.78, 5) is 1.12. The fourth-order valence-electron chi connectivity index (χ4n) is 1.85. The third-order valence-electron chi connectivity index (χ3n) is 2.99. The van der Waals surface area contributed by atoms with Gasteiger partial charge in [-0.05, 0) is 81.6 Å². The zero-order chi connectivity index (χ0) is 13.2. The Balaban J connectivity index is 1.80. The number of nitrogens with zero attached hydrogens (tertiary/aromatic N) is 4. The van der Waals surface area contributed by atoms with Crippen molar-refractivity contribution in [2.75, 3.05) is 6.54 Å². The number of rotatable bonds is 5. The van der Waals surface area contributed by atoms with Crippen molar-refractivity contribution in [2.24, 2.45) is 5.73 Å². The van der Waals surface area contributed by atoms with Crippen LogP contribution in [0.5, 0.6) is 0 Å². The van der Waals surface area contributed by atoms with Crippen LogP contribution < -0.4 is 5.73 Å². The first-order valence-corrected chi connectivity index (χ1v) is 7.83. The number of nitrogens with two attached hydrogens (primary N) is 1. The molecule has 100 valence electrons. The van der Waals surface area contributed by atoms with Gasteiger partial charge in [-0.25, -0.2) is 4.68 Å². The molecule has 2 aromatic rings. The smallest absolute Gasteiger partial charge is 0.214 e. The highest BCUT2D eigenvalue weighted by Gasteiger charge is 2.28. The van der Waals surface area contributed by atoms with E-state index in [0.717, 1.165) is 20.9 Å². The van der Waals surface area contributed by atoms with Crippen LogP contribution in [0.4, 0.5) is 0 Å². The molecule has 0 atom stereocenters. The molecule has 3 rings (SSSR count). The fourth-order valence-corrected chi connectivity index (χ4v) is 3.36. The predicted octanol–water partition coefficient (Wildman–Crippen LogP) is 2.42. The Hall–Kier alpha value is -0.920. The quantitative estimate of drug-likeness (QED) is 0.905. The van der Waals surface area contributed by atoms with Gasteiger partial charge < -0.3 is 5.73 Å². The molecule has 5 nitrogen and oxygen atoms in total. The average molecular weight is 340 g/mol. The lowest BCUT2D eigenvalue weighted by Crippen LogP contribution is -2.02. The predicted molar refractivity (Wildman–Crippen MR) is 77.1 cm³/mol. The number of tetrazole rings is 1. The van der Waals surface area contributed by atoms with E-state index in [1.54, 1.807) is 11.8 Å². The lowest BCUT2D eigenvalue weighted by Gasteiger charge is -2.06. The van der Waals surface area contributed by atoms with Crippen molar-refractivity contribution in [1.29, 1.82) is 0 Å². The first-order chi connectivity index (χ1) is 9.28. The minimum absolute atomic E-state index is 0.493. The van der Waals surface area contributed by atoms with Crippen LogP contribution in [0.1, 0.15) is 24.4 Å². The van der Waals surface area contributed by atoms with Gasteiger partial charge in [-0.15, -0.1) is 5.10 Å². The van der Waals surface area contributed by atoms with Crippen LogP contribution in [0.15, 0.2) is 32.7 Å². The van der Waals surface area contributed by atoms with E-state index in [-0.39, 0.29) is 0 Å². The summed E-state index contributed by atoms with van der Waals surface area (Å²) in [5, 5.41) is 12.8. The second-order valence-corrected chi connectivity index (χ2v) is 6.41. The van der Waals surface area contributed by atoms with Gasteiger partial charge in [0.25, 0.3) is 0 Å². The standard InChI is InChI=1S/C12H14BrN5S/c13-10-7-8(5-6-14)1-4-11(10)19-12-15-16-17-18(12)9-2-3-9/h1,4,7,9H,2-3,5-6,14H2. The number of benzene rings is 1. The Bertz CT molecular complexity index is 581. The van der Waals surface area contributed by atoms with E-state index >= 15 is 0 Å². The summed E-state index contributed by atoms with van der Waals surface area (Å²) in [7, 11) is 0. The van der Waals surface area contributed by atoms with Gasteiger partial charge >= 0.3 is 0 Å². The molecule has 2 N–H and O–H groups in total. The summed E-state index contributed by atoms with van der Waals surface area (Å²) in [5.41, 5.74) is 6.80. The summed E-state index contributed by atoms with van der Waals surface area (Å²) in [6.07, 6.45) is 3.24. The van der Waals surface area contributed by atoms with Crippen molar-refractivity contribution in [3.8, 4) is 0 Å². The zero-order valence-corrected chi connectivity index (χ0v) is 12.7. The molecule has 0 aliphatic heterocycles. The van der Waals surface area contributed by atoms with Crippen molar-refractivity contribution in [2.45, 2.75) is 35.4 Å². The fraction of sp³-hybridized carbons (Fsp3) is 0.417. The molecular formula is C12H14BrN5S. The van der Waals surface area contributed by atoms with Crippen molar-refractivity contribution in [3.05, 3.63) is 28.2 Å². The van der Waals surface area contributed by atoms with Gasteiger partial charge in [-0.1, -0.05) is 6.07 Å². The van der Waals surface area contributed by atoms with Crippen LogP contribution in [-0.2, 0) is 6.42 Å². The number of hydrogen-bond donors (Lipinski definition) is 1. The number of aromatic nitrogens is 4. The van der Waals surface area contributed by atoms with Crippen LogP contribution >= 0.6 is 27.7 Å². The molecule has 0 radical (unpaired) electrons. The largest absolute Gasteiger partial charge is 0.330 e. The second kappa shape index (κ2) is 5.60. The Morgan fingerprint density at radius 3 is 2.95 bits per heavy atom. The molecule has 1 heterocycles. The molecule has 0 unspecified atom stereocenters. The van der Waals surface area contributed by atoms with E-state index in [4.69, 9.17) is 5.73 Å². The SMILES string of the molecule is NCCc1ccc(Sc2nnnn2C2CC2)c(Br)c1. The normalized spacial score (nSPS) is 14.8. The molecular weight excluding hydrogens is 326 g/mol. The Morgan fingerprint density at radius 2 is 2.26 bits per heavy atom. The van der Waals surface area contributed by atoms with Gasteiger partial charge in [0.15, 0.2) is 0 Å². The maximum absolute atomic E-state index is 5.57.